The minimum atomic E-state index is -0.812. The predicted molar refractivity (Wildman–Crippen MR) is 157 cm³/mol. The first-order chi connectivity index (χ1) is 19.1. The lowest BCUT2D eigenvalue weighted by Gasteiger charge is -2.30. The van der Waals surface area contributed by atoms with E-state index in [0.29, 0.717) is 50.1 Å². The molecule has 1 fully saturated rings. The maximum Gasteiger partial charge on any atom is 0.224 e. The Kier molecular flexibility index (Phi) is 14.8. The fourth-order valence-electron chi connectivity index (χ4n) is 5.25. The van der Waals surface area contributed by atoms with Crippen LogP contribution in [-0.4, -0.2) is 69.6 Å². The highest BCUT2D eigenvalue weighted by Gasteiger charge is 2.31. The molecule has 1 aromatic carbocycles. The van der Waals surface area contributed by atoms with Crippen molar-refractivity contribution in [3.8, 4) is 11.5 Å². The maximum absolute atomic E-state index is 13.0. The average molecular weight is 564 g/mol. The van der Waals surface area contributed by atoms with Gasteiger partial charge in [0.05, 0.1) is 25.7 Å². The molecule has 1 aliphatic rings. The third kappa shape index (κ3) is 10.9. The number of carbonyl (C=O) groups excluding carboxylic acids is 2. The molecule has 0 radical (unpaired) electrons. The normalized spacial score (nSPS) is 18.6. The van der Waals surface area contributed by atoms with E-state index in [1.165, 1.54) is 0 Å². The number of ether oxygens (including phenoxy) is 3. The van der Waals surface area contributed by atoms with E-state index in [2.05, 4.69) is 24.5 Å². The van der Waals surface area contributed by atoms with Crippen LogP contribution in [0.15, 0.2) is 18.2 Å². The molecule has 0 aromatic heterocycles. The molecule has 5 N–H and O–H groups in total. The number of rotatable bonds is 18. The van der Waals surface area contributed by atoms with Gasteiger partial charge in [-0.1, -0.05) is 33.8 Å². The zero-order valence-corrected chi connectivity index (χ0v) is 25.4. The summed E-state index contributed by atoms with van der Waals surface area (Å²) in [6.07, 6.45) is 3.37. The summed E-state index contributed by atoms with van der Waals surface area (Å²) in [6, 6.07) is 5.53. The van der Waals surface area contributed by atoms with Crippen LogP contribution in [0, 0.1) is 29.6 Å². The first-order valence-corrected chi connectivity index (χ1v) is 14.8. The van der Waals surface area contributed by atoms with Crippen molar-refractivity contribution >= 4 is 11.8 Å². The Bertz CT molecular complexity index is 909. The van der Waals surface area contributed by atoms with E-state index < -0.39 is 12.1 Å². The summed E-state index contributed by atoms with van der Waals surface area (Å²) in [7, 11) is 3.30. The lowest BCUT2D eigenvalue weighted by molar-refractivity contribution is -0.129. The van der Waals surface area contributed by atoms with Crippen molar-refractivity contribution in [3.63, 3.8) is 0 Å². The number of nitrogens with one attached hydrogen (secondary N) is 2. The summed E-state index contributed by atoms with van der Waals surface area (Å²) in [5.74, 6) is 1.30. The van der Waals surface area contributed by atoms with Crippen molar-refractivity contribution in [2.75, 3.05) is 40.5 Å². The van der Waals surface area contributed by atoms with Crippen molar-refractivity contribution in [1.82, 2.24) is 10.6 Å². The van der Waals surface area contributed by atoms with Gasteiger partial charge in [-0.05, 0) is 67.6 Å². The van der Waals surface area contributed by atoms with Gasteiger partial charge in [0.1, 0.15) is 0 Å². The minimum absolute atomic E-state index is 0.00364. The zero-order valence-electron chi connectivity index (χ0n) is 25.4. The lowest BCUT2D eigenvalue weighted by atomic mass is 9.80. The van der Waals surface area contributed by atoms with Crippen molar-refractivity contribution < 1.29 is 28.9 Å². The van der Waals surface area contributed by atoms with Gasteiger partial charge >= 0.3 is 0 Å². The van der Waals surface area contributed by atoms with E-state index in [9.17, 15) is 14.7 Å². The molecule has 2 amide bonds. The van der Waals surface area contributed by atoms with Gasteiger partial charge in [-0.2, -0.15) is 0 Å². The van der Waals surface area contributed by atoms with Gasteiger partial charge in [0.25, 0.3) is 0 Å². The lowest BCUT2D eigenvalue weighted by Crippen LogP contribution is -2.46. The SMILES string of the molecule is COCCCOc1cc(C[C@@H](C[C@H](N)[C@@H](O)C[C@H](C(=O)NC[C@@H]2CCCNC2=O)C(C)C)C(C)C)ccc1OC. The Morgan fingerprint density at radius 1 is 1.12 bits per heavy atom. The minimum Gasteiger partial charge on any atom is -0.493 e. The molecule has 2 rings (SSSR count). The molecule has 5 atom stereocenters. The molecule has 1 aliphatic heterocycles. The van der Waals surface area contributed by atoms with E-state index in [1.807, 2.05) is 32.0 Å². The number of piperidine rings is 1. The van der Waals surface area contributed by atoms with E-state index in [0.717, 1.165) is 31.2 Å². The van der Waals surface area contributed by atoms with Crippen LogP contribution in [-0.2, 0) is 20.7 Å². The van der Waals surface area contributed by atoms with Crippen LogP contribution in [0.25, 0.3) is 0 Å². The second kappa shape index (κ2) is 17.5. The molecule has 1 heterocycles. The molecule has 0 saturated carbocycles. The average Bonchev–Trinajstić information content (AvgIpc) is 2.92. The van der Waals surface area contributed by atoms with Crippen LogP contribution in [0.3, 0.4) is 0 Å². The molecule has 0 spiro atoms. The fraction of sp³-hybridized carbons (Fsp3) is 0.742. The van der Waals surface area contributed by atoms with Gasteiger partial charge in [-0.3, -0.25) is 9.59 Å². The highest BCUT2D eigenvalue weighted by Crippen LogP contribution is 2.32. The van der Waals surface area contributed by atoms with Gasteiger partial charge in [0.2, 0.25) is 11.8 Å². The highest BCUT2D eigenvalue weighted by molar-refractivity contribution is 5.82. The number of amides is 2. The summed E-state index contributed by atoms with van der Waals surface area (Å²) in [5, 5.41) is 16.9. The van der Waals surface area contributed by atoms with E-state index in [4.69, 9.17) is 19.9 Å². The number of hydrogen-bond donors (Lipinski definition) is 4. The van der Waals surface area contributed by atoms with Crippen LogP contribution < -0.4 is 25.8 Å². The first kappa shape index (κ1) is 33.8. The number of aliphatic hydroxyl groups excluding tert-OH is 1. The summed E-state index contributed by atoms with van der Waals surface area (Å²) in [5.41, 5.74) is 7.67. The standard InChI is InChI=1S/C31H53N3O6/c1-20(2)24(15-22-10-11-28(39-6)29(16-22)40-14-8-13-38-5)17-26(32)27(35)18-25(21(3)4)31(37)34-19-23-9-7-12-33-30(23)36/h10-11,16,20-21,23-27,35H,7-9,12-15,17-19,32H2,1-6H3,(H,33,36)(H,34,37)/t23-,24-,25-,26-,27-/m0/s1. The second-order valence-corrected chi connectivity index (χ2v) is 11.8. The molecule has 0 bridgehead atoms. The highest BCUT2D eigenvalue weighted by atomic mass is 16.5. The molecule has 1 saturated heterocycles. The number of methoxy groups -OCH3 is 2. The van der Waals surface area contributed by atoms with E-state index in [1.54, 1.807) is 14.2 Å². The smallest absolute Gasteiger partial charge is 0.224 e. The summed E-state index contributed by atoms with van der Waals surface area (Å²) < 4.78 is 16.5. The molecule has 9 nitrogen and oxygen atoms in total. The third-order valence-corrected chi connectivity index (χ3v) is 8.05. The molecule has 40 heavy (non-hydrogen) atoms. The van der Waals surface area contributed by atoms with Crippen LogP contribution in [0.1, 0.15) is 65.4 Å². The van der Waals surface area contributed by atoms with Crippen LogP contribution in [0.4, 0.5) is 0 Å². The topological polar surface area (TPSA) is 132 Å². The Labute approximate surface area is 240 Å². The maximum atomic E-state index is 13.0. The van der Waals surface area contributed by atoms with Crippen LogP contribution in [0.2, 0.25) is 0 Å². The van der Waals surface area contributed by atoms with Crippen LogP contribution >= 0.6 is 0 Å². The Morgan fingerprint density at radius 3 is 2.50 bits per heavy atom. The molecular formula is C31H53N3O6. The van der Waals surface area contributed by atoms with Gasteiger partial charge < -0.3 is 35.7 Å². The van der Waals surface area contributed by atoms with Crippen molar-refractivity contribution in [2.24, 2.45) is 35.3 Å². The van der Waals surface area contributed by atoms with E-state index in [-0.39, 0.29) is 41.9 Å². The molecule has 228 valence electrons. The predicted octanol–water partition coefficient (Wildman–Crippen LogP) is 3.31. The number of aliphatic hydroxyl groups is 1. The quantitative estimate of drug-likeness (QED) is 0.202. The molecule has 1 aromatic rings. The zero-order chi connectivity index (χ0) is 29.7. The molecule has 0 aliphatic carbocycles. The third-order valence-electron chi connectivity index (χ3n) is 8.05. The second-order valence-electron chi connectivity index (χ2n) is 11.8. The monoisotopic (exact) mass is 563 g/mol. The number of benzene rings is 1. The van der Waals surface area contributed by atoms with Crippen molar-refractivity contribution in [1.29, 1.82) is 0 Å². The fourth-order valence-corrected chi connectivity index (χ4v) is 5.25. The molecule has 9 heteroatoms. The van der Waals surface area contributed by atoms with Gasteiger partial charge in [0, 0.05) is 45.2 Å². The number of hydrogen-bond acceptors (Lipinski definition) is 7. The number of nitrogens with two attached hydrogens (primary N) is 1. The first-order valence-electron chi connectivity index (χ1n) is 14.8. The summed E-state index contributed by atoms with van der Waals surface area (Å²) >= 11 is 0. The van der Waals surface area contributed by atoms with E-state index >= 15 is 0 Å². The largest absolute Gasteiger partial charge is 0.493 e. The Balaban J connectivity index is 1.98. The van der Waals surface area contributed by atoms with Crippen molar-refractivity contribution in [3.05, 3.63) is 23.8 Å². The summed E-state index contributed by atoms with van der Waals surface area (Å²) in [6.45, 7) is 10.5. The Morgan fingerprint density at radius 2 is 1.88 bits per heavy atom. The van der Waals surface area contributed by atoms with Gasteiger partial charge in [-0.15, -0.1) is 0 Å². The molecular weight excluding hydrogens is 510 g/mol. The number of carbonyl (C=O) groups is 2. The molecule has 0 unspecified atom stereocenters. The summed E-state index contributed by atoms with van der Waals surface area (Å²) in [4.78, 5) is 25.1. The Hall–Kier alpha value is -2.36. The van der Waals surface area contributed by atoms with Crippen LogP contribution in [0.5, 0.6) is 11.5 Å². The van der Waals surface area contributed by atoms with Gasteiger partial charge in [0.15, 0.2) is 11.5 Å². The van der Waals surface area contributed by atoms with Crippen molar-refractivity contribution in [2.45, 2.75) is 78.4 Å². The van der Waals surface area contributed by atoms with Gasteiger partial charge in [-0.25, -0.2) is 0 Å².